The van der Waals surface area contributed by atoms with E-state index in [-0.39, 0.29) is 15.9 Å². The largest absolute Gasteiger partial charge is 0.263 e. The van der Waals surface area contributed by atoms with Gasteiger partial charge in [0.05, 0.1) is 4.90 Å². The van der Waals surface area contributed by atoms with Crippen LogP contribution >= 0.6 is 11.6 Å². The third kappa shape index (κ3) is 3.21. The minimum Gasteiger partial charge on any atom is -0.263 e. The molecule has 100 valence electrons. The predicted molar refractivity (Wildman–Crippen MR) is 71.2 cm³/mol. The number of halogens is 2. The van der Waals surface area contributed by atoms with Gasteiger partial charge in [-0.15, -0.1) is 0 Å². The number of pyridine rings is 1. The van der Waals surface area contributed by atoms with E-state index in [0.29, 0.717) is 5.56 Å². The molecule has 2 rings (SSSR count). The lowest BCUT2D eigenvalue weighted by atomic mass is 10.2. The number of hydrogen-bond acceptors (Lipinski definition) is 3. The van der Waals surface area contributed by atoms with Crippen molar-refractivity contribution in [1.29, 1.82) is 0 Å². The highest BCUT2D eigenvalue weighted by Gasteiger charge is 2.17. The second-order valence-electron chi connectivity index (χ2n) is 3.86. The van der Waals surface area contributed by atoms with Gasteiger partial charge in [0.2, 0.25) is 0 Å². The fourth-order valence-electron chi connectivity index (χ4n) is 1.57. The molecule has 1 aromatic heterocycles. The van der Waals surface area contributed by atoms with Gasteiger partial charge in [0.25, 0.3) is 10.0 Å². The Hall–Kier alpha value is -1.66. The van der Waals surface area contributed by atoms with Crippen molar-refractivity contribution in [2.24, 2.45) is 0 Å². The zero-order valence-electron chi connectivity index (χ0n) is 9.89. The zero-order chi connectivity index (χ0) is 14.0. The van der Waals surface area contributed by atoms with Gasteiger partial charge in [-0.1, -0.05) is 17.7 Å². The molecule has 0 bridgehead atoms. The van der Waals surface area contributed by atoms with Gasteiger partial charge in [0.15, 0.2) is 0 Å². The Balaban J connectivity index is 2.38. The molecule has 19 heavy (non-hydrogen) atoms. The van der Waals surface area contributed by atoms with E-state index in [2.05, 4.69) is 9.71 Å². The first-order valence-electron chi connectivity index (χ1n) is 5.30. The van der Waals surface area contributed by atoms with E-state index in [9.17, 15) is 12.8 Å². The topological polar surface area (TPSA) is 59.1 Å². The van der Waals surface area contributed by atoms with Crippen LogP contribution in [0.1, 0.15) is 5.56 Å². The molecular formula is C12H10ClFN2O2S. The Morgan fingerprint density at radius 3 is 2.63 bits per heavy atom. The summed E-state index contributed by atoms with van der Waals surface area (Å²) < 4.78 is 39.5. The van der Waals surface area contributed by atoms with Crippen molar-refractivity contribution >= 4 is 27.4 Å². The summed E-state index contributed by atoms with van der Waals surface area (Å²) in [7, 11) is -3.82. The monoisotopic (exact) mass is 300 g/mol. The van der Waals surface area contributed by atoms with Crippen LogP contribution in [0.25, 0.3) is 0 Å². The Kier molecular flexibility index (Phi) is 3.73. The Bertz CT molecular complexity index is 719. The molecule has 0 aliphatic carbocycles. The van der Waals surface area contributed by atoms with Crippen LogP contribution in [0.5, 0.6) is 0 Å². The molecule has 0 radical (unpaired) electrons. The van der Waals surface area contributed by atoms with Crippen molar-refractivity contribution < 1.29 is 12.8 Å². The van der Waals surface area contributed by atoms with Gasteiger partial charge in [0, 0.05) is 0 Å². The fraction of sp³-hybridized carbons (Fsp3) is 0.0833. The van der Waals surface area contributed by atoms with Crippen LogP contribution in [0.3, 0.4) is 0 Å². The number of rotatable bonds is 3. The van der Waals surface area contributed by atoms with Crippen LogP contribution in [-0.2, 0) is 10.0 Å². The average molecular weight is 301 g/mol. The van der Waals surface area contributed by atoms with E-state index in [1.165, 1.54) is 25.1 Å². The summed E-state index contributed by atoms with van der Waals surface area (Å²) in [5.74, 6) is -0.381. The van der Waals surface area contributed by atoms with Gasteiger partial charge >= 0.3 is 0 Å². The van der Waals surface area contributed by atoms with E-state index in [0.717, 1.165) is 12.1 Å². The van der Waals surface area contributed by atoms with Crippen molar-refractivity contribution in [2.75, 3.05) is 4.72 Å². The molecule has 0 fully saturated rings. The molecule has 1 heterocycles. The third-order valence-corrected chi connectivity index (χ3v) is 4.11. The van der Waals surface area contributed by atoms with Crippen LogP contribution in [-0.4, -0.2) is 13.4 Å². The Labute approximate surface area is 115 Å². The van der Waals surface area contributed by atoms with Crippen LogP contribution in [0.4, 0.5) is 10.2 Å². The maximum atomic E-state index is 13.0. The molecular weight excluding hydrogens is 291 g/mol. The van der Waals surface area contributed by atoms with Crippen molar-refractivity contribution in [3.63, 3.8) is 0 Å². The highest BCUT2D eigenvalue weighted by molar-refractivity contribution is 7.92. The van der Waals surface area contributed by atoms with Crippen molar-refractivity contribution in [3.8, 4) is 0 Å². The summed E-state index contributed by atoms with van der Waals surface area (Å²) in [6, 6.07) is 8.03. The molecule has 0 saturated heterocycles. The second kappa shape index (κ2) is 5.14. The van der Waals surface area contributed by atoms with Crippen LogP contribution in [0.2, 0.25) is 5.15 Å². The van der Waals surface area contributed by atoms with Crippen LogP contribution in [0.15, 0.2) is 41.3 Å². The number of nitrogens with one attached hydrogen (secondary N) is 1. The number of nitrogens with zero attached hydrogens (tertiary/aromatic N) is 1. The molecule has 4 nitrogen and oxygen atoms in total. The molecule has 0 saturated carbocycles. The lowest BCUT2D eigenvalue weighted by Gasteiger charge is -2.09. The van der Waals surface area contributed by atoms with Crippen LogP contribution < -0.4 is 4.72 Å². The number of anilines is 1. The second-order valence-corrected chi connectivity index (χ2v) is 5.90. The van der Waals surface area contributed by atoms with E-state index in [1.54, 1.807) is 6.07 Å². The highest BCUT2D eigenvalue weighted by Crippen LogP contribution is 2.19. The third-order valence-electron chi connectivity index (χ3n) is 2.38. The maximum absolute atomic E-state index is 13.0. The van der Waals surface area contributed by atoms with Crippen molar-refractivity contribution in [3.05, 3.63) is 52.9 Å². The first-order chi connectivity index (χ1) is 8.88. The van der Waals surface area contributed by atoms with Crippen molar-refractivity contribution in [1.82, 2.24) is 4.98 Å². The molecule has 0 spiro atoms. The number of sulfonamides is 1. The number of benzene rings is 1. The van der Waals surface area contributed by atoms with Gasteiger partial charge in [-0.3, -0.25) is 4.72 Å². The molecule has 2 aromatic rings. The number of aryl methyl sites for hydroxylation is 1. The summed E-state index contributed by atoms with van der Waals surface area (Å²) >= 11 is 5.68. The molecule has 0 aliphatic heterocycles. The van der Waals surface area contributed by atoms with Gasteiger partial charge in [0.1, 0.15) is 16.8 Å². The van der Waals surface area contributed by atoms with E-state index in [4.69, 9.17) is 11.6 Å². The van der Waals surface area contributed by atoms with Crippen molar-refractivity contribution in [2.45, 2.75) is 11.8 Å². The molecule has 1 N–H and O–H groups in total. The lowest BCUT2D eigenvalue weighted by Crippen LogP contribution is -2.15. The first-order valence-corrected chi connectivity index (χ1v) is 7.16. The van der Waals surface area contributed by atoms with E-state index < -0.39 is 15.8 Å². The first kappa shape index (κ1) is 13.8. The standard InChI is InChI=1S/C12H10ClFN2O2S/c1-8-7-9(14)5-6-10(8)19(17,18)16-12-4-2-3-11(13)15-12/h2-7H,1H3,(H,15,16). The van der Waals surface area contributed by atoms with Crippen LogP contribution in [0, 0.1) is 12.7 Å². The quantitative estimate of drug-likeness (QED) is 0.887. The molecule has 1 aromatic carbocycles. The lowest BCUT2D eigenvalue weighted by molar-refractivity contribution is 0.598. The Morgan fingerprint density at radius 2 is 2.00 bits per heavy atom. The van der Waals surface area contributed by atoms with Gasteiger partial charge in [-0.25, -0.2) is 17.8 Å². The van der Waals surface area contributed by atoms with E-state index in [1.807, 2.05) is 0 Å². The van der Waals surface area contributed by atoms with Gasteiger partial charge in [-0.05, 0) is 42.8 Å². The smallest absolute Gasteiger partial charge is 0.263 e. The minimum atomic E-state index is -3.82. The van der Waals surface area contributed by atoms with E-state index >= 15 is 0 Å². The number of hydrogen-bond donors (Lipinski definition) is 1. The Morgan fingerprint density at radius 1 is 1.26 bits per heavy atom. The summed E-state index contributed by atoms with van der Waals surface area (Å²) in [6.45, 7) is 1.52. The molecule has 0 unspecified atom stereocenters. The summed E-state index contributed by atoms with van der Waals surface area (Å²) in [6.07, 6.45) is 0. The molecule has 7 heteroatoms. The highest BCUT2D eigenvalue weighted by atomic mass is 35.5. The maximum Gasteiger partial charge on any atom is 0.263 e. The normalized spacial score (nSPS) is 11.3. The predicted octanol–water partition coefficient (Wildman–Crippen LogP) is 2.98. The summed E-state index contributed by atoms with van der Waals surface area (Å²) in [4.78, 5) is 3.83. The molecule has 0 amide bonds. The molecule has 0 atom stereocenters. The van der Waals surface area contributed by atoms with Gasteiger partial charge in [-0.2, -0.15) is 0 Å². The minimum absolute atomic E-state index is 0.00400. The fourth-order valence-corrected chi connectivity index (χ4v) is 2.96. The summed E-state index contributed by atoms with van der Waals surface area (Å²) in [5.41, 5.74) is 0.314. The SMILES string of the molecule is Cc1cc(F)ccc1S(=O)(=O)Nc1cccc(Cl)n1. The summed E-state index contributed by atoms with van der Waals surface area (Å²) in [5, 5.41) is 0.177. The number of aromatic nitrogens is 1. The van der Waals surface area contributed by atoms with Gasteiger partial charge < -0.3 is 0 Å². The zero-order valence-corrected chi connectivity index (χ0v) is 11.5. The molecule has 0 aliphatic rings. The average Bonchev–Trinajstić information content (AvgIpc) is 2.27.